The Kier molecular flexibility index (Phi) is 6.22. The highest BCUT2D eigenvalue weighted by molar-refractivity contribution is 7.89. The molecule has 2 aromatic rings. The van der Waals surface area contributed by atoms with E-state index in [4.69, 9.17) is 0 Å². The van der Waals surface area contributed by atoms with E-state index in [1.807, 2.05) is 0 Å². The molecule has 10 heteroatoms. The molecular weight excluding hydrogens is 438 g/mol. The second-order valence-electron chi connectivity index (χ2n) is 7.60. The first-order valence-corrected chi connectivity index (χ1v) is 12.5. The van der Waals surface area contributed by atoms with Crippen LogP contribution >= 0.6 is 11.3 Å². The highest BCUT2D eigenvalue weighted by Crippen LogP contribution is 2.28. The van der Waals surface area contributed by atoms with Crippen molar-refractivity contribution < 1.29 is 22.8 Å². The van der Waals surface area contributed by atoms with Gasteiger partial charge in [-0.3, -0.25) is 19.3 Å². The van der Waals surface area contributed by atoms with Crippen LogP contribution in [-0.4, -0.2) is 48.4 Å². The molecule has 31 heavy (non-hydrogen) atoms. The van der Waals surface area contributed by atoms with E-state index in [0.717, 1.165) is 36.2 Å². The largest absolute Gasteiger partial charge is 0.321 e. The number of anilines is 1. The Balaban J connectivity index is 1.45. The SMILES string of the molecule is O=C(Nc1ccc(CN2C(=O)CCC2=O)cc1)c1sccc1S(=O)(=O)N1CCCCC1. The predicted molar refractivity (Wildman–Crippen MR) is 116 cm³/mol. The molecule has 0 saturated carbocycles. The summed E-state index contributed by atoms with van der Waals surface area (Å²) in [5.41, 5.74) is 1.27. The molecule has 0 spiro atoms. The molecule has 0 atom stereocenters. The number of nitrogens with one attached hydrogen (secondary N) is 1. The van der Waals surface area contributed by atoms with Crippen molar-refractivity contribution in [3.8, 4) is 0 Å². The van der Waals surface area contributed by atoms with E-state index < -0.39 is 15.9 Å². The fraction of sp³-hybridized carbons (Fsp3) is 0.381. The van der Waals surface area contributed by atoms with Crippen LogP contribution in [0.15, 0.2) is 40.6 Å². The van der Waals surface area contributed by atoms with E-state index in [9.17, 15) is 22.8 Å². The van der Waals surface area contributed by atoms with Crippen molar-refractivity contribution in [2.24, 2.45) is 0 Å². The van der Waals surface area contributed by atoms with Gasteiger partial charge < -0.3 is 5.32 Å². The van der Waals surface area contributed by atoms with E-state index in [0.29, 0.717) is 18.8 Å². The van der Waals surface area contributed by atoms with Gasteiger partial charge in [-0.25, -0.2) is 8.42 Å². The Morgan fingerprint density at radius 2 is 1.61 bits per heavy atom. The van der Waals surface area contributed by atoms with Crippen LogP contribution in [0.3, 0.4) is 0 Å². The third-order valence-corrected chi connectivity index (χ3v) is 8.46. The van der Waals surface area contributed by atoms with Crippen LogP contribution in [0, 0.1) is 0 Å². The molecule has 0 aliphatic carbocycles. The molecule has 1 aromatic carbocycles. The number of carbonyl (C=O) groups excluding carboxylic acids is 3. The number of carbonyl (C=O) groups is 3. The summed E-state index contributed by atoms with van der Waals surface area (Å²) in [5.74, 6) is -0.840. The zero-order chi connectivity index (χ0) is 22.0. The van der Waals surface area contributed by atoms with Gasteiger partial charge in [0.1, 0.15) is 9.77 Å². The number of hydrogen-bond donors (Lipinski definition) is 1. The summed E-state index contributed by atoms with van der Waals surface area (Å²) in [6, 6.07) is 8.29. The number of hydrogen-bond acceptors (Lipinski definition) is 6. The molecule has 0 radical (unpaired) electrons. The second-order valence-corrected chi connectivity index (χ2v) is 10.4. The lowest BCUT2D eigenvalue weighted by atomic mass is 10.2. The molecule has 3 amide bonds. The minimum absolute atomic E-state index is 0.0413. The van der Waals surface area contributed by atoms with Crippen LogP contribution < -0.4 is 5.32 Å². The molecule has 2 aliphatic heterocycles. The number of piperidine rings is 1. The maximum absolute atomic E-state index is 13.0. The van der Waals surface area contributed by atoms with Crippen molar-refractivity contribution in [3.63, 3.8) is 0 Å². The van der Waals surface area contributed by atoms with Crippen LogP contribution in [-0.2, 0) is 26.2 Å². The van der Waals surface area contributed by atoms with E-state index in [1.165, 1.54) is 15.3 Å². The van der Waals surface area contributed by atoms with Crippen molar-refractivity contribution in [1.82, 2.24) is 9.21 Å². The van der Waals surface area contributed by atoms with Gasteiger partial charge in [0.05, 0.1) is 6.54 Å². The Morgan fingerprint density at radius 1 is 0.968 bits per heavy atom. The van der Waals surface area contributed by atoms with E-state index in [2.05, 4.69) is 5.32 Å². The summed E-state index contributed by atoms with van der Waals surface area (Å²) in [7, 11) is -3.70. The summed E-state index contributed by atoms with van der Waals surface area (Å²) in [6.45, 7) is 1.15. The van der Waals surface area contributed by atoms with Crippen LogP contribution in [0.4, 0.5) is 5.69 Å². The lowest BCUT2D eigenvalue weighted by Gasteiger charge is -2.25. The number of rotatable bonds is 6. The van der Waals surface area contributed by atoms with Gasteiger partial charge in [0.2, 0.25) is 21.8 Å². The summed E-state index contributed by atoms with van der Waals surface area (Å²) in [6.07, 6.45) is 3.16. The monoisotopic (exact) mass is 461 g/mol. The third-order valence-electron chi connectivity index (χ3n) is 5.48. The van der Waals surface area contributed by atoms with Crippen molar-refractivity contribution in [2.45, 2.75) is 43.5 Å². The molecule has 1 N–H and O–H groups in total. The fourth-order valence-corrected chi connectivity index (χ4v) is 6.59. The average Bonchev–Trinajstić information content (AvgIpc) is 3.39. The number of amides is 3. The normalized spacial score (nSPS) is 17.9. The van der Waals surface area contributed by atoms with Gasteiger partial charge in [-0.1, -0.05) is 18.6 Å². The molecule has 4 rings (SSSR count). The quantitative estimate of drug-likeness (QED) is 0.666. The van der Waals surface area contributed by atoms with Gasteiger partial charge in [0.15, 0.2) is 0 Å². The number of sulfonamides is 1. The number of imide groups is 1. The average molecular weight is 462 g/mol. The van der Waals surface area contributed by atoms with Crippen molar-refractivity contribution in [3.05, 3.63) is 46.2 Å². The third kappa shape index (κ3) is 4.56. The van der Waals surface area contributed by atoms with E-state index in [-0.39, 0.29) is 41.0 Å². The van der Waals surface area contributed by atoms with Gasteiger partial charge in [-0.2, -0.15) is 4.31 Å². The number of likely N-dealkylation sites (tertiary alicyclic amines) is 1. The zero-order valence-corrected chi connectivity index (χ0v) is 18.5. The number of nitrogens with zero attached hydrogens (tertiary/aromatic N) is 2. The van der Waals surface area contributed by atoms with Gasteiger partial charge >= 0.3 is 0 Å². The summed E-state index contributed by atoms with van der Waals surface area (Å²) < 4.78 is 27.4. The van der Waals surface area contributed by atoms with Crippen molar-refractivity contribution in [2.75, 3.05) is 18.4 Å². The van der Waals surface area contributed by atoms with Crippen LogP contribution in [0.2, 0.25) is 0 Å². The predicted octanol–water partition coefficient (Wildman–Crippen LogP) is 2.82. The zero-order valence-electron chi connectivity index (χ0n) is 16.9. The summed E-state index contributed by atoms with van der Waals surface area (Å²) >= 11 is 1.09. The smallest absolute Gasteiger partial charge is 0.267 e. The van der Waals surface area contributed by atoms with Gasteiger partial charge in [0.25, 0.3) is 5.91 Å². The molecule has 3 heterocycles. The maximum atomic E-state index is 13.0. The standard InChI is InChI=1S/C21H23N3O5S2/c25-18-8-9-19(26)24(18)14-15-4-6-16(7-5-15)22-21(27)20-17(10-13-30-20)31(28,29)23-11-2-1-3-12-23/h4-7,10,13H,1-3,8-9,11-12,14H2,(H,22,27). The molecule has 164 valence electrons. The first kappa shape index (κ1) is 21.7. The highest BCUT2D eigenvalue weighted by Gasteiger charge is 2.31. The Labute approximate surface area is 184 Å². The summed E-state index contributed by atoms with van der Waals surface area (Å²) in [4.78, 5) is 37.7. The fourth-order valence-electron chi connectivity index (χ4n) is 3.77. The molecular formula is C21H23N3O5S2. The second kappa shape index (κ2) is 8.89. The molecule has 0 unspecified atom stereocenters. The Morgan fingerprint density at radius 3 is 2.26 bits per heavy atom. The molecule has 0 bridgehead atoms. The van der Waals surface area contributed by atoms with Crippen molar-refractivity contribution >= 4 is 44.8 Å². The minimum Gasteiger partial charge on any atom is -0.321 e. The molecule has 2 saturated heterocycles. The highest BCUT2D eigenvalue weighted by atomic mass is 32.2. The lowest BCUT2D eigenvalue weighted by Crippen LogP contribution is -2.36. The summed E-state index contributed by atoms with van der Waals surface area (Å²) in [5, 5.41) is 4.35. The van der Waals surface area contributed by atoms with Gasteiger partial charge in [0, 0.05) is 31.6 Å². The minimum atomic E-state index is -3.70. The lowest BCUT2D eigenvalue weighted by molar-refractivity contribution is -0.139. The number of benzene rings is 1. The van der Waals surface area contributed by atoms with E-state index >= 15 is 0 Å². The van der Waals surface area contributed by atoms with Crippen LogP contribution in [0.1, 0.15) is 47.3 Å². The van der Waals surface area contributed by atoms with Crippen LogP contribution in [0.25, 0.3) is 0 Å². The van der Waals surface area contributed by atoms with Crippen molar-refractivity contribution in [1.29, 1.82) is 0 Å². The maximum Gasteiger partial charge on any atom is 0.267 e. The molecule has 8 nitrogen and oxygen atoms in total. The Hall–Kier alpha value is -2.56. The first-order chi connectivity index (χ1) is 14.9. The van der Waals surface area contributed by atoms with Gasteiger partial charge in [-0.15, -0.1) is 11.3 Å². The molecule has 2 fully saturated rings. The van der Waals surface area contributed by atoms with Gasteiger partial charge in [-0.05, 0) is 42.0 Å². The van der Waals surface area contributed by atoms with E-state index in [1.54, 1.807) is 29.6 Å². The topological polar surface area (TPSA) is 104 Å². The van der Waals surface area contributed by atoms with Crippen LogP contribution in [0.5, 0.6) is 0 Å². The molecule has 1 aromatic heterocycles. The number of thiophene rings is 1. The first-order valence-electron chi connectivity index (χ1n) is 10.2. The Bertz CT molecular complexity index is 1090. The molecule has 2 aliphatic rings.